The number of nitrogens with zero attached hydrogens (tertiary/aromatic N) is 1. The molecule has 0 bridgehead atoms. The van der Waals surface area contributed by atoms with E-state index in [1.165, 1.54) is 0 Å². The second-order valence-corrected chi connectivity index (χ2v) is 5.89. The van der Waals surface area contributed by atoms with Gasteiger partial charge in [0.15, 0.2) is 0 Å². The molecule has 0 aliphatic carbocycles. The molecule has 0 saturated carbocycles. The molecule has 0 unspecified atom stereocenters. The molecule has 118 valence electrons. The van der Waals surface area contributed by atoms with Crippen LogP contribution in [-0.4, -0.2) is 44.2 Å². The molecule has 2 rings (SSSR count). The van der Waals surface area contributed by atoms with Gasteiger partial charge in [-0.25, -0.2) is 0 Å². The molecule has 6 heteroatoms. The molecule has 1 aromatic carbocycles. The smallest absolute Gasteiger partial charge is 0.252 e. The van der Waals surface area contributed by atoms with Gasteiger partial charge in [0.2, 0.25) is 0 Å². The maximum Gasteiger partial charge on any atom is 0.252 e. The number of hydrogen-bond donors (Lipinski definition) is 2. The van der Waals surface area contributed by atoms with Crippen molar-refractivity contribution < 1.29 is 9.53 Å². The Labute approximate surface area is 138 Å². The standard InChI is InChI=1S/C16H20BrN3O2/c1-11-9-14(13-4-3-12(17)10-15(13)20-11)16(21)19-6-5-18-7-8-22-2/h3-4,9-10,18H,5-8H2,1-2H3,(H,19,21). The number of fused-ring (bicyclic) bond motifs is 1. The Kier molecular flexibility index (Phi) is 6.30. The van der Waals surface area contributed by atoms with Crippen LogP contribution in [0.3, 0.4) is 0 Å². The summed E-state index contributed by atoms with van der Waals surface area (Å²) in [5, 5.41) is 6.98. The fraction of sp³-hybridized carbons (Fsp3) is 0.375. The van der Waals surface area contributed by atoms with Gasteiger partial charge < -0.3 is 15.4 Å². The Morgan fingerprint density at radius 3 is 2.86 bits per heavy atom. The Hall–Kier alpha value is -1.50. The molecule has 22 heavy (non-hydrogen) atoms. The SMILES string of the molecule is COCCNCCNC(=O)c1cc(C)nc2cc(Br)ccc12. The first-order valence-corrected chi connectivity index (χ1v) is 7.96. The topological polar surface area (TPSA) is 63.2 Å². The van der Waals surface area contributed by atoms with Gasteiger partial charge in [0, 0.05) is 42.3 Å². The van der Waals surface area contributed by atoms with Crippen molar-refractivity contribution in [2.24, 2.45) is 0 Å². The molecule has 0 saturated heterocycles. The van der Waals surface area contributed by atoms with Crippen LogP contribution in [0.1, 0.15) is 16.1 Å². The van der Waals surface area contributed by atoms with E-state index in [2.05, 4.69) is 31.5 Å². The molecule has 0 radical (unpaired) electrons. The lowest BCUT2D eigenvalue weighted by molar-refractivity contribution is 0.0955. The highest BCUT2D eigenvalue weighted by Crippen LogP contribution is 2.22. The summed E-state index contributed by atoms with van der Waals surface area (Å²) in [6.45, 7) is 4.61. The van der Waals surface area contributed by atoms with Gasteiger partial charge in [-0.05, 0) is 25.1 Å². The quantitative estimate of drug-likeness (QED) is 0.738. The van der Waals surface area contributed by atoms with Crippen molar-refractivity contribution in [3.05, 3.63) is 40.0 Å². The van der Waals surface area contributed by atoms with Crippen LogP contribution < -0.4 is 10.6 Å². The summed E-state index contributed by atoms with van der Waals surface area (Å²) < 4.78 is 5.90. The van der Waals surface area contributed by atoms with Gasteiger partial charge in [-0.15, -0.1) is 0 Å². The van der Waals surface area contributed by atoms with Crippen molar-refractivity contribution in [2.75, 3.05) is 33.4 Å². The van der Waals surface area contributed by atoms with Crippen molar-refractivity contribution >= 4 is 32.7 Å². The number of hydrogen-bond acceptors (Lipinski definition) is 4. The molecule has 0 aliphatic heterocycles. The van der Waals surface area contributed by atoms with Gasteiger partial charge in [-0.3, -0.25) is 9.78 Å². The highest BCUT2D eigenvalue weighted by atomic mass is 79.9. The van der Waals surface area contributed by atoms with Gasteiger partial charge in [-0.1, -0.05) is 22.0 Å². The van der Waals surface area contributed by atoms with Crippen LogP contribution in [0.15, 0.2) is 28.7 Å². The molecule has 0 atom stereocenters. The van der Waals surface area contributed by atoms with Crippen molar-refractivity contribution in [1.29, 1.82) is 0 Å². The van der Waals surface area contributed by atoms with Crippen LogP contribution in [0, 0.1) is 6.92 Å². The first kappa shape index (κ1) is 16.9. The monoisotopic (exact) mass is 365 g/mol. The maximum absolute atomic E-state index is 12.4. The summed E-state index contributed by atoms with van der Waals surface area (Å²) in [7, 11) is 1.67. The zero-order valence-corrected chi connectivity index (χ0v) is 14.4. The molecular weight excluding hydrogens is 346 g/mol. The molecule has 2 N–H and O–H groups in total. The van der Waals surface area contributed by atoms with E-state index in [1.54, 1.807) is 7.11 Å². The minimum atomic E-state index is -0.0774. The number of rotatable bonds is 7. The van der Waals surface area contributed by atoms with E-state index in [-0.39, 0.29) is 5.91 Å². The van der Waals surface area contributed by atoms with E-state index in [0.29, 0.717) is 25.3 Å². The van der Waals surface area contributed by atoms with Crippen LogP contribution >= 0.6 is 15.9 Å². The number of amides is 1. The van der Waals surface area contributed by atoms with E-state index in [9.17, 15) is 4.79 Å². The molecule has 0 spiro atoms. The first-order chi connectivity index (χ1) is 10.6. The minimum absolute atomic E-state index is 0.0774. The lowest BCUT2D eigenvalue weighted by atomic mass is 10.1. The van der Waals surface area contributed by atoms with E-state index in [0.717, 1.165) is 27.6 Å². The minimum Gasteiger partial charge on any atom is -0.383 e. The number of ether oxygens (including phenoxy) is 1. The predicted molar refractivity (Wildman–Crippen MR) is 91.3 cm³/mol. The van der Waals surface area contributed by atoms with Gasteiger partial charge >= 0.3 is 0 Å². The largest absolute Gasteiger partial charge is 0.383 e. The normalized spacial score (nSPS) is 10.9. The number of carbonyl (C=O) groups is 1. The van der Waals surface area contributed by atoms with Crippen molar-refractivity contribution in [3.8, 4) is 0 Å². The number of carbonyl (C=O) groups excluding carboxylic acids is 1. The number of halogens is 1. The average molecular weight is 366 g/mol. The number of methoxy groups -OCH3 is 1. The summed E-state index contributed by atoms with van der Waals surface area (Å²) in [5.74, 6) is -0.0774. The van der Waals surface area contributed by atoms with Crippen molar-refractivity contribution in [2.45, 2.75) is 6.92 Å². The van der Waals surface area contributed by atoms with Crippen LogP contribution in [0.4, 0.5) is 0 Å². The number of benzene rings is 1. The molecule has 5 nitrogen and oxygen atoms in total. The molecule has 1 amide bonds. The number of nitrogens with one attached hydrogen (secondary N) is 2. The molecule has 1 aromatic heterocycles. The zero-order chi connectivity index (χ0) is 15.9. The lowest BCUT2D eigenvalue weighted by Crippen LogP contribution is -2.33. The molecule has 0 aliphatic rings. The third-order valence-electron chi connectivity index (χ3n) is 3.21. The maximum atomic E-state index is 12.4. The zero-order valence-electron chi connectivity index (χ0n) is 12.8. The fourth-order valence-corrected chi connectivity index (χ4v) is 2.53. The molecular formula is C16H20BrN3O2. The van der Waals surface area contributed by atoms with Gasteiger partial charge in [0.1, 0.15) is 0 Å². The third-order valence-corrected chi connectivity index (χ3v) is 3.71. The third kappa shape index (κ3) is 4.50. The van der Waals surface area contributed by atoms with Crippen LogP contribution in [0.2, 0.25) is 0 Å². The summed E-state index contributed by atoms with van der Waals surface area (Å²) >= 11 is 3.43. The fourth-order valence-electron chi connectivity index (χ4n) is 2.18. The molecule has 2 aromatic rings. The second-order valence-electron chi connectivity index (χ2n) is 4.97. The van der Waals surface area contributed by atoms with Gasteiger partial charge in [0.25, 0.3) is 5.91 Å². The Morgan fingerprint density at radius 1 is 1.27 bits per heavy atom. The highest BCUT2D eigenvalue weighted by molar-refractivity contribution is 9.10. The second kappa shape index (κ2) is 8.22. The molecule has 0 fully saturated rings. The van der Waals surface area contributed by atoms with Crippen LogP contribution in [0.25, 0.3) is 10.9 Å². The summed E-state index contributed by atoms with van der Waals surface area (Å²) in [6, 6.07) is 7.58. The average Bonchev–Trinajstić information content (AvgIpc) is 2.49. The first-order valence-electron chi connectivity index (χ1n) is 7.16. The van der Waals surface area contributed by atoms with E-state index in [1.807, 2.05) is 31.2 Å². The lowest BCUT2D eigenvalue weighted by Gasteiger charge is -2.10. The number of aromatic nitrogens is 1. The van der Waals surface area contributed by atoms with Crippen LogP contribution in [0.5, 0.6) is 0 Å². The highest BCUT2D eigenvalue weighted by Gasteiger charge is 2.11. The van der Waals surface area contributed by atoms with E-state index >= 15 is 0 Å². The Morgan fingerprint density at radius 2 is 2.09 bits per heavy atom. The van der Waals surface area contributed by atoms with Crippen molar-refractivity contribution in [1.82, 2.24) is 15.6 Å². The predicted octanol–water partition coefficient (Wildman–Crippen LogP) is 2.27. The summed E-state index contributed by atoms with van der Waals surface area (Å²) in [6.07, 6.45) is 0. The number of aryl methyl sites for hydroxylation is 1. The van der Waals surface area contributed by atoms with Crippen LogP contribution in [-0.2, 0) is 4.74 Å². The summed E-state index contributed by atoms with van der Waals surface area (Å²) in [5.41, 5.74) is 2.30. The number of pyridine rings is 1. The van der Waals surface area contributed by atoms with Crippen molar-refractivity contribution in [3.63, 3.8) is 0 Å². The molecule has 1 heterocycles. The summed E-state index contributed by atoms with van der Waals surface area (Å²) in [4.78, 5) is 16.9. The Balaban J connectivity index is 2.05. The van der Waals surface area contributed by atoms with E-state index < -0.39 is 0 Å². The van der Waals surface area contributed by atoms with Gasteiger partial charge in [-0.2, -0.15) is 0 Å². The van der Waals surface area contributed by atoms with Gasteiger partial charge in [0.05, 0.1) is 17.7 Å². The Bertz CT molecular complexity index is 656. The van der Waals surface area contributed by atoms with E-state index in [4.69, 9.17) is 4.74 Å².